The summed E-state index contributed by atoms with van der Waals surface area (Å²) in [6.45, 7) is 3.66. The van der Waals surface area contributed by atoms with Crippen LogP contribution in [-0.2, 0) is 6.18 Å². The molecule has 3 rings (SSSR count). The Kier molecular flexibility index (Phi) is 5.15. The normalized spacial score (nSPS) is 15.8. The van der Waals surface area contributed by atoms with Crippen molar-refractivity contribution in [2.45, 2.75) is 25.9 Å². The Bertz CT molecular complexity index is 766. The predicted molar refractivity (Wildman–Crippen MR) is 93.3 cm³/mol. The third-order valence-corrected chi connectivity index (χ3v) is 4.54. The monoisotopic (exact) mass is 363 g/mol. The molecule has 7 heteroatoms. The number of hydrogen-bond donors (Lipinski definition) is 1. The Morgan fingerprint density at radius 1 is 1.19 bits per heavy atom. The molecular formula is C19H20F3N3O. The second kappa shape index (κ2) is 7.35. The van der Waals surface area contributed by atoms with Crippen LogP contribution in [0.25, 0.3) is 0 Å². The van der Waals surface area contributed by atoms with Crippen LogP contribution in [0.2, 0.25) is 0 Å². The summed E-state index contributed by atoms with van der Waals surface area (Å²) in [5.74, 6) is 0.958. The maximum Gasteiger partial charge on any atom is 0.416 e. The van der Waals surface area contributed by atoms with Gasteiger partial charge < -0.3 is 10.2 Å². The lowest BCUT2D eigenvalue weighted by Crippen LogP contribution is -2.37. The number of carbonyl (C=O) groups is 1. The molecular weight excluding hydrogens is 343 g/mol. The molecule has 1 aromatic heterocycles. The van der Waals surface area contributed by atoms with Gasteiger partial charge in [0.1, 0.15) is 5.82 Å². The largest absolute Gasteiger partial charge is 0.416 e. The van der Waals surface area contributed by atoms with Crippen molar-refractivity contribution in [1.29, 1.82) is 0 Å². The molecule has 2 aromatic rings. The molecule has 1 saturated heterocycles. The quantitative estimate of drug-likeness (QED) is 0.859. The number of rotatable bonds is 3. The number of benzene rings is 1. The molecule has 0 radical (unpaired) electrons. The molecule has 4 nitrogen and oxygen atoms in total. The van der Waals surface area contributed by atoms with Crippen LogP contribution in [0, 0.1) is 5.92 Å². The van der Waals surface area contributed by atoms with E-state index >= 15 is 0 Å². The van der Waals surface area contributed by atoms with E-state index in [1.807, 2.05) is 4.90 Å². The maximum atomic E-state index is 12.8. The number of nitrogens with zero attached hydrogens (tertiary/aromatic N) is 2. The lowest BCUT2D eigenvalue weighted by molar-refractivity contribution is -0.137. The molecule has 0 saturated carbocycles. The molecule has 2 heterocycles. The highest BCUT2D eigenvalue weighted by molar-refractivity contribution is 5.94. The number of aromatic nitrogens is 1. The minimum atomic E-state index is -4.40. The number of anilines is 2. The Labute approximate surface area is 150 Å². The van der Waals surface area contributed by atoms with Crippen LogP contribution in [-0.4, -0.2) is 28.9 Å². The van der Waals surface area contributed by atoms with E-state index in [9.17, 15) is 18.0 Å². The zero-order valence-corrected chi connectivity index (χ0v) is 14.4. The molecule has 1 aliphatic heterocycles. The van der Waals surface area contributed by atoms with Crippen LogP contribution in [0.1, 0.15) is 35.7 Å². The molecule has 0 bridgehead atoms. The zero-order valence-electron chi connectivity index (χ0n) is 14.4. The van der Waals surface area contributed by atoms with Crippen molar-refractivity contribution >= 4 is 17.4 Å². The second-order valence-electron chi connectivity index (χ2n) is 6.61. The smallest absolute Gasteiger partial charge is 0.340 e. The number of nitrogens with one attached hydrogen (secondary N) is 1. The first-order valence-corrected chi connectivity index (χ1v) is 8.52. The van der Waals surface area contributed by atoms with E-state index in [1.165, 1.54) is 18.3 Å². The zero-order chi connectivity index (χ0) is 18.7. The topological polar surface area (TPSA) is 45.2 Å². The van der Waals surface area contributed by atoms with Crippen LogP contribution in [0.3, 0.4) is 0 Å². The standard InChI is InChI=1S/C19H20F3N3O/c1-13-7-9-25(10-8-13)18(26)14-5-6-17(23-12-14)24-16-4-2-3-15(11-16)19(20,21)22/h2-6,11-13H,7-10H2,1H3,(H,23,24). The van der Waals surface area contributed by atoms with E-state index in [0.29, 0.717) is 17.3 Å². The first-order valence-electron chi connectivity index (χ1n) is 8.52. The lowest BCUT2D eigenvalue weighted by Gasteiger charge is -2.30. The van der Waals surface area contributed by atoms with Gasteiger partial charge in [0.2, 0.25) is 0 Å². The van der Waals surface area contributed by atoms with Gasteiger partial charge in [0.05, 0.1) is 11.1 Å². The van der Waals surface area contributed by atoms with Crippen molar-refractivity contribution in [3.63, 3.8) is 0 Å². The Morgan fingerprint density at radius 3 is 2.54 bits per heavy atom. The van der Waals surface area contributed by atoms with Crippen LogP contribution in [0.5, 0.6) is 0 Å². The van der Waals surface area contributed by atoms with Gasteiger partial charge in [0.25, 0.3) is 5.91 Å². The van der Waals surface area contributed by atoms with E-state index in [0.717, 1.165) is 38.1 Å². The van der Waals surface area contributed by atoms with Gasteiger partial charge in [-0.05, 0) is 49.1 Å². The maximum absolute atomic E-state index is 12.8. The van der Waals surface area contributed by atoms with E-state index in [2.05, 4.69) is 17.2 Å². The summed E-state index contributed by atoms with van der Waals surface area (Å²) in [6, 6.07) is 8.14. The van der Waals surface area contributed by atoms with Crippen molar-refractivity contribution in [2.24, 2.45) is 5.92 Å². The third kappa shape index (κ3) is 4.33. The Hall–Kier alpha value is -2.57. The van der Waals surface area contributed by atoms with Crippen molar-refractivity contribution < 1.29 is 18.0 Å². The van der Waals surface area contributed by atoms with Crippen LogP contribution in [0.4, 0.5) is 24.7 Å². The van der Waals surface area contributed by atoms with Gasteiger partial charge in [-0.1, -0.05) is 13.0 Å². The van der Waals surface area contributed by atoms with Gasteiger partial charge in [-0.3, -0.25) is 4.79 Å². The number of piperidine rings is 1. The molecule has 1 amide bonds. The fourth-order valence-corrected chi connectivity index (χ4v) is 2.91. The summed E-state index contributed by atoms with van der Waals surface area (Å²) < 4.78 is 38.3. The van der Waals surface area contributed by atoms with Gasteiger partial charge in [0.15, 0.2) is 0 Å². The molecule has 1 fully saturated rings. The second-order valence-corrected chi connectivity index (χ2v) is 6.61. The fraction of sp³-hybridized carbons (Fsp3) is 0.368. The van der Waals surface area contributed by atoms with Crippen molar-refractivity contribution in [2.75, 3.05) is 18.4 Å². The van der Waals surface area contributed by atoms with E-state index in [-0.39, 0.29) is 11.6 Å². The number of halogens is 3. The SMILES string of the molecule is CC1CCN(C(=O)c2ccc(Nc3cccc(C(F)(F)F)c3)nc2)CC1. The molecule has 0 unspecified atom stereocenters. The van der Waals surface area contributed by atoms with Gasteiger partial charge >= 0.3 is 6.18 Å². The summed E-state index contributed by atoms with van der Waals surface area (Å²) >= 11 is 0. The van der Waals surface area contributed by atoms with Gasteiger partial charge in [0, 0.05) is 25.0 Å². The number of pyridine rings is 1. The minimum absolute atomic E-state index is 0.0602. The predicted octanol–water partition coefficient (Wildman–Crippen LogP) is 4.72. The highest BCUT2D eigenvalue weighted by Crippen LogP contribution is 2.31. The molecule has 0 atom stereocenters. The van der Waals surface area contributed by atoms with E-state index in [1.54, 1.807) is 12.1 Å². The summed E-state index contributed by atoms with van der Waals surface area (Å²) in [6.07, 6.45) is -0.952. The average molecular weight is 363 g/mol. The fourth-order valence-electron chi connectivity index (χ4n) is 2.91. The van der Waals surface area contributed by atoms with Crippen LogP contribution >= 0.6 is 0 Å². The van der Waals surface area contributed by atoms with Crippen LogP contribution < -0.4 is 5.32 Å². The third-order valence-electron chi connectivity index (χ3n) is 4.54. The minimum Gasteiger partial charge on any atom is -0.340 e. The van der Waals surface area contributed by atoms with Crippen molar-refractivity contribution in [1.82, 2.24) is 9.88 Å². The highest BCUT2D eigenvalue weighted by atomic mass is 19.4. The molecule has 1 aliphatic rings. The Morgan fingerprint density at radius 2 is 1.92 bits per heavy atom. The van der Waals surface area contributed by atoms with Gasteiger partial charge in [-0.2, -0.15) is 13.2 Å². The number of hydrogen-bond acceptors (Lipinski definition) is 3. The van der Waals surface area contributed by atoms with Crippen molar-refractivity contribution in [3.05, 3.63) is 53.7 Å². The summed E-state index contributed by atoms with van der Waals surface area (Å²) in [4.78, 5) is 18.4. The molecule has 0 aliphatic carbocycles. The first kappa shape index (κ1) is 18.2. The van der Waals surface area contributed by atoms with Crippen molar-refractivity contribution in [3.8, 4) is 0 Å². The van der Waals surface area contributed by atoms with E-state index in [4.69, 9.17) is 0 Å². The average Bonchev–Trinajstić information content (AvgIpc) is 2.62. The highest BCUT2D eigenvalue weighted by Gasteiger charge is 2.30. The summed E-state index contributed by atoms with van der Waals surface area (Å²) in [5, 5.41) is 2.83. The number of carbonyl (C=O) groups excluding carboxylic acids is 1. The number of likely N-dealkylation sites (tertiary alicyclic amines) is 1. The molecule has 0 spiro atoms. The lowest BCUT2D eigenvalue weighted by atomic mass is 9.99. The molecule has 138 valence electrons. The van der Waals surface area contributed by atoms with E-state index < -0.39 is 11.7 Å². The van der Waals surface area contributed by atoms with Gasteiger partial charge in [-0.15, -0.1) is 0 Å². The summed E-state index contributed by atoms with van der Waals surface area (Å²) in [7, 11) is 0. The molecule has 1 aromatic carbocycles. The first-order chi connectivity index (χ1) is 12.3. The molecule has 26 heavy (non-hydrogen) atoms. The van der Waals surface area contributed by atoms with Gasteiger partial charge in [-0.25, -0.2) is 4.98 Å². The molecule has 1 N–H and O–H groups in total. The number of alkyl halides is 3. The van der Waals surface area contributed by atoms with Crippen LogP contribution in [0.15, 0.2) is 42.6 Å². The Balaban J connectivity index is 1.67. The number of amides is 1. The summed E-state index contributed by atoms with van der Waals surface area (Å²) in [5.41, 5.74) is 0.0409.